The SMILES string of the molecule is Cc1cc(COc2ccc(F)c(Br)c2)oc1C(=O)O. The van der Waals surface area contributed by atoms with Gasteiger partial charge in [0.25, 0.3) is 0 Å². The first-order chi connectivity index (χ1) is 8.97. The Bertz CT molecular complexity index is 621. The predicted molar refractivity (Wildman–Crippen MR) is 68.8 cm³/mol. The van der Waals surface area contributed by atoms with E-state index < -0.39 is 5.97 Å². The molecule has 0 bridgehead atoms. The van der Waals surface area contributed by atoms with Gasteiger partial charge >= 0.3 is 5.97 Å². The van der Waals surface area contributed by atoms with E-state index in [1.165, 1.54) is 18.2 Å². The first kappa shape index (κ1) is 13.6. The van der Waals surface area contributed by atoms with E-state index in [9.17, 15) is 9.18 Å². The molecule has 0 atom stereocenters. The smallest absolute Gasteiger partial charge is 0.372 e. The fourth-order valence-electron chi connectivity index (χ4n) is 1.55. The van der Waals surface area contributed by atoms with Crippen molar-refractivity contribution in [3.63, 3.8) is 0 Å². The van der Waals surface area contributed by atoms with Crippen molar-refractivity contribution in [2.75, 3.05) is 0 Å². The van der Waals surface area contributed by atoms with Crippen LogP contribution in [0.5, 0.6) is 5.75 Å². The molecule has 0 unspecified atom stereocenters. The number of rotatable bonds is 4. The number of carboxylic acids is 1. The maximum atomic E-state index is 13.0. The molecule has 0 radical (unpaired) electrons. The summed E-state index contributed by atoms with van der Waals surface area (Å²) in [7, 11) is 0. The lowest BCUT2D eigenvalue weighted by Crippen LogP contribution is -1.96. The summed E-state index contributed by atoms with van der Waals surface area (Å²) < 4.78 is 23.9. The van der Waals surface area contributed by atoms with Crippen LogP contribution in [-0.4, -0.2) is 11.1 Å². The van der Waals surface area contributed by atoms with E-state index in [1.54, 1.807) is 13.0 Å². The van der Waals surface area contributed by atoms with Crippen LogP contribution in [0.2, 0.25) is 0 Å². The highest BCUT2D eigenvalue weighted by Gasteiger charge is 2.14. The lowest BCUT2D eigenvalue weighted by Gasteiger charge is -2.04. The van der Waals surface area contributed by atoms with Crippen molar-refractivity contribution >= 4 is 21.9 Å². The quantitative estimate of drug-likeness (QED) is 0.928. The molecule has 19 heavy (non-hydrogen) atoms. The van der Waals surface area contributed by atoms with E-state index in [0.717, 1.165) is 0 Å². The number of halogens is 2. The lowest BCUT2D eigenvalue weighted by atomic mass is 10.3. The maximum absolute atomic E-state index is 13.0. The molecular formula is C13H10BrFO4. The van der Waals surface area contributed by atoms with Crippen LogP contribution >= 0.6 is 15.9 Å². The van der Waals surface area contributed by atoms with Crippen LogP contribution in [0.25, 0.3) is 0 Å². The van der Waals surface area contributed by atoms with Gasteiger partial charge in [0.15, 0.2) is 0 Å². The minimum absolute atomic E-state index is 0.0756. The summed E-state index contributed by atoms with van der Waals surface area (Å²) in [4.78, 5) is 10.8. The molecule has 1 heterocycles. The fourth-order valence-corrected chi connectivity index (χ4v) is 1.91. The highest BCUT2D eigenvalue weighted by molar-refractivity contribution is 9.10. The van der Waals surface area contributed by atoms with E-state index in [1.807, 2.05) is 0 Å². The van der Waals surface area contributed by atoms with Crippen molar-refractivity contribution in [3.8, 4) is 5.75 Å². The second kappa shape index (κ2) is 5.44. The van der Waals surface area contributed by atoms with E-state index in [4.69, 9.17) is 14.3 Å². The second-order valence-electron chi connectivity index (χ2n) is 3.89. The molecule has 1 aromatic carbocycles. The van der Waals surface area contributed by atoms with Crippen molar-refractivity contribution in [2.45, 2.75) is 13.5 Å². The van der Waals surface area contributed by atoms with E-state index >= 15 is 0 Å². The van der Waals surface area contributed by atoms with Gasteiger partial charge in [-0.2, -0.15) is 0 Å². The molecule has 0 saturated carbocycles. The van der Waals surface area contributed by atoms with Crippen molar-refractivity contribution in [3.05, 3.63) is 51.6 Å². The highest BCUT2D eigenvalue weighted by Crippen LogP contribution is 2.23. The first-order valence-corrected chi connectivity index (χ1v) is 6.17. The Morgan fingerprint density at radius 3 is 2.79 bits per heavy atom. The molecule has 1 N–H and O–H groups in total. The van der Waals surface area contributed by atoms with Crippen LogP contribution in [0.15, 0.2) is 33.2 Å². The monoisotopic (exact) mass is 328 g/mol. The van der Waals surface area contributed by atoms with Gasteiger partial charge in [-0.3, -0.25) is 0 Å². The molecular weight excluding hydrogens is 319 g/mol. The van der Waals surface area contributed by atoms with E-state index in [-0.39, 0.29) is 18.2 Å². The summed E-state index contributed by atoms with van der Waals surface area (Å²) in [5.74, 6) is -0.740. The second-order valence-corrected chi connectivity index (χ2v) is 4.75. The van der Waals surface area contributed by atoms with Gasteiger partial charge in [0.1, 0.15) is 23.9 Å². The Hall–Kier alpha value is -1.82. The third-order valence-electron chi connectivity index (χ3n) is 2.44. The summed E-state index contributed by atoms with van der Waals surface area (Å²) in [6, 6.07) is 5.84. The van der Waals surface area contributed by atoms with Gasteiger partial charge < -0.3 is 14.3 Å². The van der Waals surface area contributed by atoms with E-state index in [2.05, 4.69) is 15.9 Å². The van der Waals surface area contributed by atoms with Crippen molar-refractivity contribution in [2.24, 2.45) is 0 Å². The average Bonchev–Trinajstić information content (AvgIpc) is 2.72. The third kappa shape index (κ3) is 3.14. The minimum Gasteiger partial charge on any atom is -0.486 e. The Balaban J connectivity index is 2.08. The number of carboxylic acid groups (broad SMARTS) is 1. The summed E-state index contributed by atoms with van der Waals surface area (Å²) in [5, 5.41) is 8.85. The summed E-state index contributed by atoms with van der Waals surface area (Å²) >= 11 is 3.05. The normalized spacial score (nSPS) is 10.5. The van der Waals surface area contributed by atoms with Crippen LogP contribution in [0.3, 0.4) is 0 Å². The zero-order valence-electron chi connectivity index (χ0n) is 9.94. The fraction of sp³-hybridized carbons (Fsp3) is 0.154. The van der Waals surface area contributed by atoms with Gasteiger partial charge in [-0.25, -0.2) is 9.18 Å². The Morgan fingerprint density at radius 2 is 2.21 bits per heavy atom. The molecule has 0 spiro atoms. The highest BCUT2D eigenvalue weighted by atomic mass is 79.9. The van der Waals surface area contributed by atoms with Gasteiger partial charge in [0.05, 0.1) is 4.47 Å². The Morgan fingerprint density at radius 1 is 1.47 bits per heavy atom. The molecule has 4 nitrogen and oxygen atoms in total. The number of hydrogen-bond acceptors (Lipinski definition) is 3. The van der Waals surface area contributed by atoms with Gasteiger partial charge in [-0.1, -0.05) is 0 Å². The molecule has 2 rings (SSSR count). The van der Waals surface area contributed by atoms with Gasteiger partial charge in [-0.15, -0.1) is 0 Å². The molecule has 0 fully saturated rings. The number of aromatic carboxylic acids is 1. The number of hydrogen-bond donors (Lipinski definition) is 1. The molecule has 100 valence electrons. The topological polar surface area (TPSA) is 59.7 Å². The summed E-state index contributed by atoms with van der Waals surface area (Å²) in [5.41, 5.74) is 0.534. The van der Waals surface area contributed by atoms with Gasteiger partial charge in [-0.05, 0) is 47.1 Å². The molecule has 0 aliphatic heterocycles. The van der Waals surface area contributed by atoms with Crippen LogP contribution < -0.4 is 4.74 Å². The van der Waals surface area contributed by atoms with Crippen LogP contribution in [0.4, 0.5) is 4.39 Å². The van der Waals surface area contributed by atoms with Crippen LogP contribution in [0.1, 0.15) is 21.9 Å². The Kier molecular flexibility index (Phi) is 3.90. The van der Waals surface area contributed by atoms with Gasteiger partial charge in [0.2, 0.25) is 5.76 Å². The third-order valence-corrected chi connectivity index (χ3v) is 3.04. The number of benzene rings is 1. The standard InChI is InChI=1S/C13H10BrFO4/c1-7-4-9(19-12(7)13(16)17)6-18-8-2-3-11(15)10(14)5-8/h2-5H,6H2,1H3,(H,16,17). The van der Waals surface area contributed by atoms with E-state index in [0.29, 0.717) is 21.5 Å². The first-order valence-electron chi connectivity index (χ1n) is 5.38. The van der Waals surface area contributed by atoms with Crippen molar-refractivity contribution in [1.82, 2.24) is 0 Å². The minimum atomic E-state index is -1.12. The zero-order valence-corrected chi connectivity index (χ0v) is 11.5. The maximum Gasteiger partial charge on any atom is 0.372 e. The Labute approximate surface area is 116 Å². The summed E-state index contributed by atoms with van der Waals surface area (Å²) in [6.07, 6.45) is 0. The average molecular weight is 329 g/mol. The molecule has 1 aromatic heterocycles. The summed E-state index contributed by atoms with van der Waals surface area (Å²) in [6.45, 7) is 1.72. The molecule has 0 amide bonds. The molecule has 0 aliphatic rings. The zero-order chi connectivity index (χ0) is 14.0. The molecule has 0 saturated heterocycles. The molecule has 6 heteroatoms. The molecule has 0 aliphatic carbocycles. The lowest BCUT2D eigenvalue weighted by molar-refractivity contribution is 0.0657. The molecule has 2 aromatic rings. The van der Waals surface area contributed by atoms with Crippen LogP contribution in [0, 0.1) is 12.7 Å². The number of aryl methyl sites for hydroxylation is 1. The number of ether oxygens (including phenoxy) is 1. The van der Waals surface area contributed by atoms with Crippen molar-refractivity contribution < 1.29 is 23.4 Å². The number of furan rings is 1. The van der Waals surface area contributed by atoms with Crippen LogP contribution in [-0.2, 0) is 6.61 Å². The van der Waals surface area contributed by atoms with Crippen molar-refractivity contribution in [1.29, 1.82) is 0 Å². The van der Waals surface area contributed by atoms with Gasteiger partial charge in [0, 0.05) is 5.56 Å². The number of carbonyl (C=O) groups is 1. The predicted octanol–water partition coefficient (Wildman–Crippen LogP) is 3.77. The largest absolute Gasteiger partial charge is 0.486 e.